The van der Waals surface area contributed by atoms with E-state index in [1.54, 1.807) is 0 Å². The zero-order valence-corrected chi connectivity index (χ0v) is 25.7. The molecule has 5 heterocycles. The number of carbonyl (C=O) groups is 4. The smallest absolute Gasteiger partial charge is 0.334 e. The van der Waals surface area contributed by atoms with Crippen LogP contribution >= 0.6 is 0 Å². The number of amides is 2. The van der Waals surface area contributed by atoms with Crippen LogP contribution in [0, 0.1) is 11.8 Å². The summed E-state index contributed by atoms with van der Waals surface area (Å²) in [4.78, 5) is 55.7. The van der Waals surface area contributed by atoms with E-state index in [0.717, 1.165) is 24.0 Å². The Labute approximate surface area is 258 Å². The molecule has 7 aliphatic rings. The van der Waals surface area contributed by atoms with Crippen molar-refractivity contribution in [2.24, 2.45) is 11.8 Å². The minimum atomic E-state index is -0.366. The molecule has 0 aromatic heterocycles. The number of allylic oxidation sites excluding steroid dienone is 2. The van der Waals surface area contributed by atoms with E-state index in [-0.39, 0.29) is 71.2 Å². The molecule has 0 N–H and O–H groups in total. The molecule has 236 valence electrons. The molecule has 5 fully saturated rings. The summed E-state index contributed by atoms with van der Waals surface area (Å²) in [6.45, 7) is 13.9. The SMILES string of the molecule is C=C1C(=O)O[C@H]2[C@H]1CC/C(C(=O)N1CCN(C(=O)/C3=C/CC[C@@]4(C)O[C@H]4[C@H]4OC(=O)C(=C)[C@@H]4CC3)CC1)=C\CC[C@@]1(C)O[C@@H]21. The molecule has 0 radical (unpaired) electrons. The second kappa shape index (κ2) is 10.7. The van der Waals surface area contributed by atoms with Gasteiger partial charge in [-0.2, -0.15) is 0 Å². The van der Waals surface area contributed by atoms with Crippen molar-refractivity contribution >= 4 is 23.8 Å². The Hall–Kier alpha value is -3.24. The third kappa shape index (κ3) is 5.04. The van der Waals surface area contributed by atoms with Crippen LogP contribution in [-0.4, -0.2) is 95.3 Å². The Bertz CT molecular complexity index is 1290. The first kappa shape index (κ1) is 29.5. The average molecular weight is 607 g/mol. The second-order valence-electron chi connectivity index (χ2n) is 13.9. The van der Waals surface area contributed by atoms with Gasteiger partial charge in [0.1, 0.15) is 24.4 Å². The normalized spacial score (nSPS) is 42.7. The Morgan fingerprint density at radius 3 is 1.50 bits per heavy atom. The number of epoxide rings is 2. The van der Waals surface area contributed by atoms with E-state index in [4.69, 9.17) is 18.9 Å². The molecule has 44 heavy (non-hydrogen) atoms. The summed E-state index contributed by atoms with van der Waals surface area (Å²) < 4.78 is 23.3. The quantitative estimate of drug-likeness (QED) is 0.267. The first-order chi connectivity index (χ1) is 21.0. The van der Waals surface area contributed by atoms with Crippen LogP contribution in [0.1, 0.15) is 65.2 Å². The zero-order valence-electron chi connectivity index (χ0n) is 25.7. The van der Waals surface area contributed by atoms with Gasteiger partial charge >= 0.3 is 11.9 Å². The Morgan fingerprint density at radius 1 is 0.727 bits per heavy atom. The molecule has 2 aliphatic carbocycles. The van der Waals surface area contributed by atoms with E-state index < -0.39 is 0 Å². The minimum Gasteiger partial charge on any atom is -0.455 e. The van der Waals surface area contributed by atoms with Gasteiger partial charge in [-0.3, -0.25) is 9.59 Å². The largest absolute Gasteiger partial charge is 0.455 e. The maximum absolute atomic E-state index is 13.7. The number of fused-ring (bicyclic) bond motifs is 6. The van der Waals surface area contributed by atoms with E-state index in [2.05, 4.69) is 13.2 Å². The third-order valence-electron chi connectivity index (χ3n) is 11.1. The Kier molecular flexibility index (Phi) is 7.16. The van der Waals surface area contributed by atoms with E-state index in [0.29, 0.717) is 75.9 Å². The van der Waals surface area contributed by atoms with Gasteiger partial charge in [-0.25, -0.2) is 9.59 Å². The fourth-order valence-electron chi connectivity index (χ4n) is 8.03. The number of nitrogens with zero attached hydrogens (tertiary/aromatic N) is 2. The maximum Gasteiger partial charge on any atom is 0.334 e. The summed E-state index contributed by atoms with van der Waals surface area (Å²) in [6, 6.07) is 0. The number of rotatable bonds is 2. The molecular formula is C34H42N2O8. The molecule has 10 nitrogen and oxygen atoms in total. The van der Waals surface area contributed by atoms with Gasteiger partial charge in [-0.1, -0.05) is 25.3 Å². The number of piperazine rings is 1. The monoisotopic (exact) mass is 606 g/mol. The fraction of sp³-hybridized carbons (Fsp3) is 0.647. The highest BCUT2D eigenvalue weighted by Gasteiger charge is 2.62. The van der Waals surface area contributed by atoms with Crippen molar-refractivity contribution in [3.05, 3.63) is 47.6 Å². The van der Waals surface area contributed by atoms with Crippen molar-refractivity contribution in [3.8, 4) is 0 Å². The summed E-state index contributed by atoms with van der Waals surface area (Å²) in [6.07, 6.45) is 8.34. The van der Waals surface area contributed by atoms with Crippen LogP contribution < -0.4 is 0 Å². The number of carbonyl (C=O) groups excluding carboxylic acids is 4. The predicted molar refractivity (Wildman–Crippen MR) is 158 cm³/mol. The molecule has 0 aromatic carbocycles. The number of hydrogen-bond donors (Lipinski definition) is 0. The fourth-order valence-corrected chi connectivity index (χ4v) is 8.03. The van der Waals surface area contributed by atoms with Crippen molar-refractivity contribution in [2.45, 2.75) is 101 Å². The van der Waals surface area contributed by atoms with Crippen molar-refractivity contribution in [1.29, 1.82) is 0 Å². The summed E-state index contributed by atoms with van der Waals surface area (Å²) in [7, 11) is 0. The molecule has 5 aliphatic heterocycles. The Morgan fingerprint density at radius 2 is 1.11 bits per heavy atom. The topological polar surface area (TPSA) is 118 Å². The number of esters is 2. The lowest BCUT2D eigenvalue weighted by atomic mass is 9.83. The van der Waals surface area contributed by atoms with Crippen LogP contribution in [0.25, 0.3) is 0 Å². The molecule has 2 amide bonds. The van der Waals surface area contributed by atoms with E-state index in [1.165, 1.54) is 0 Å². The summed E-state index contributed by atoms with van der Waals surface area (Å²) in [5.41, 5.74) is 1.70. The molecule has 0 bridgehead atoms. The Balaban J connectivity index is 0.987. The first-order valence-electron chi connectivity index (χ1n) is 16.1. The number of hydrogen-bond acceptors (Lipinski definition) is 8. The first-order valence-corrected chi connectivity index (χ1v) is 16.1. The molecule has 8 atom stereocenters. The molecular weight excluding hydrogens is 564 g/mol. The molecule has 0 spiro atoms. The lowest BCUT2D eigenvalue weighted by Crippen LogP contribution is -2.51. The molecule has 10 heteroatoms. The van der Waals surface area contributed by atoms with Crippen molar-refractivity contribution in [3.63, 3.8) is 0 Å². The van der Waals surface area contributed by atoms with Gasteiger partial charge < -0.3 is 28.7 Å². The lowest BCUT2D eigenvalue weighted by molar-refractivity contribution is -0.140. The van der Waals surface area contributed by atoms with Gasteiger partial charge in [0.2, 0.25) is 11.8 Å². The van der Waals surface area contributed by atoms with Crippen LogP contribution in [0.2, 0.25) is 0 Å². The van der Waals surface area contributed by atoms with Crippen LogP contribution in [0.5, 0.6) is 0 Å². The highest BCUT2D eigenvalue weighted by Crippen LogP contribution is 2.51. The van der Waals surface area contributed by atoms with Crippen LogP contribution in [0.15, 0.2) is 47.6 Å². The van der Waals surface area contributed by atoms with Gasteiger partial charge in [-0.15, -0.1) is 0 Å². The average Bonchev–Trinajstić information content (AvgIpc) is 3.82. The summed E-state index contributed by atoms with van der Waals surface area (Å²) >= 11 is 0. The van der Waals surface area contributed by atoms with Crippen LogP contribution in [-0.2, 0) is 38.1 Å². The van der Waals surface area contributed by atoms with Crippen molar-refractivity contribution in [1.82, 2.24) is 9.80 Å². The van der Waals surface area contributed by atoms with Crippen molar-refractivity contribution in [2.75, 3.05) is 26.2 Å². The van der Waals surface area contributed by atoms with Gasteiger partial charge in [0.05, 0.1) is 11.2 Å². The van der Waals surface area contributed by atoms with E-state index >= 15 is 0 Å². The second-order valence-corrected chi connectivity index (χ2v) is 13.9. The summed E-state index contributed by atoms with van der Waals surface area (Å²) in [5.74, 6) is -1.08. The van der Waals surface area contributed by atoms with E-state index in [1.807, 2.05) is 35.8 Å². The van der Waals surface area contributed by atoms with Gasteiger partial charge in [-0.05, 0) is 65.2 Å². The van der Waals surface area contributed by atoms with Crippen molar-refractivity contribution < 1.29 is 38.1 Å². The van der Waals surface area contributed by atoms with Crippen LogP contribution in [0.4, 0.5) is 0 Å². The molecule has 0 unspecified atom stereocenters. The highest BCUT2D eigenvalue weighted by atomic mass is 16.7. The predicted octanol–water partition coefficient (Wildman–Crippen LogP) is 3.17. The standard InChI is InChI=1S/C34H42N2O8/c1-19-23-11-9-21(7-5-13-33(3)27(43-33)25(23)41-31(19)39)29(37)35-15-17-36(18-16-35)30(38)22-8-6-14-34(4)28(44-34)26-24(12-10-22)20(2)32(40)42-26/h7-8,23-28H,1-2,5-6,9-18H2,3-4H3/b21-7+,22-8+/t23-,24-,25-,26-,27-,28-,33+,34+/m0/s1. The van der Waals surface area contributed by atoms with Crippen LogP contribution in [0.3, 0.4) is 0 Å². The minimum absolute atomic E-state index is 0.0101. The highest BCUT2D eigenvalue weighted by molar-refractivity contribution is 5.96. The zero-order chi connectivity index (χ0) is 31.0. The molecule has 0 aromatic rings. The van der Waals surface area contributed by atoms with Gasteiger partial charge in [0, 0.05) is 60.3 Å². The lowest BCUT2D eigenvalue weighted by Gasteiger charge is -2.36. The molecule has 0 saturated carbocycles. The number of ether oxygens (including phenoxy) is 4. The van der Waals surface area contributed by atoms with Gasteiger partial charge in [0.25, 0.3) is 0 Å². The molecule has 7 rings (SSSR count). The van der Waals surface area contributed by atoms with Gasteiger partial charge in [0.15, 0.2) is 0 Å². The van der Waals surface area contributed by atoms with E-state index in [9.17, 15) is 19.2 Å². The third-order valence-corrected chi connectivity index (χ3v) is 11.1. The summed E-state index contributed by atoms with van der Waals surface area (Å²) in [5, 5.41) is 0. The maximum atomic E-state index is 13.7. The molecule has 5 saturated heterocycles.